The molecule has 0 bridgehead atoms. The number of methoxy groups -OCH3 is 1. The van der Waals surface area contributed by atoms with Gasteiger partial charge in [-0.1, -0.05) is 12.1 Å². The molecule has 8 heteroatoms. The largest absolute Gasteiger partial charge is 0.497 e. The molecule has 8 nitrogen and oxygen atoms in total. The van der Waals surface area contributed by atoms with Crippen LogP contribution in [0.5, 0.6) is 5.75 Å². The van der Waals surface area contributed by atoms with Gasteiger partial charge < -0.3 is 15.4 Å². The predicted octanol–water partition coefficient (Wildman–Crippen LogP) is 1.96. The molecule has 0 fully saturated rings. The number of carbonyl (C=O) groups excluding carboxylic acids is 2. The first-order valence-corrected chi connectivity index (χ1v) is 7.83. The molecule has 0 aliphatic carbocycles. The minimum Gasteiger partial charge on any atom is -0.497 e. The Morgan fingerprint density at radius 1 is 1.12 bits per heavy atom. The summed E-state index contributed by atoms with van der Waals surface area (Å²) in [6, 6.07) is 11.3. The minimum absolute atomic E-state index is 0.0567. The molecule has 26 heavy (non-hydrogen) atoms. The summed E-state index contributed by atoms with van der Waals surface area (Å²) in [6.45, 7) is 1.69. The van der Waals surface area contributed by atoms with Gasteiger partial charge in [0.05, 0.1) is 18.6 Å². The number of aryl methyl sites for hydroxylation is 1. The van der Waals surface area contributed by atoms with Crippen molar-refractivity contribution in [2.45, 2.75) is 13.5 Å². The Balaban J connectivity index is 1.83. The van der Waals surface area contributed by atoms with Gasteiger partial charge in [-0.15, -0.1) is 0 Å². The Morgan fingerprint density at radius 2 is 1.81 bits per heavy atom. The molecule has 2 N–H and O–H groups in total. The van der Waals surface area contributed by atoms with E-state index in [-0.39, 0.29) is 23.7 Å². The Hall–Kier alpha value is -3.42. The molecule has 0 saturated heterocycles. The van der Waals surface area contributed by atoms with E-state index >= 15 is 0 Å². The van der Waals surface area contributed by atoms with Crippen LogP contribution < -0.4 is 15.4 Å². The fourth-order valence-electron chi connectivity index (χ4n) is 2.27. The average Bonchev–Trinajstić information content (AvgIpc) is 2.64. The topological polar surface area (TPSA) is 111 Å². The van der Waals surface area contributed by atoms with E-state index in [1.807, 2.05) is 12.1 Å². The lowest BCUT2D eigenvalue weighted by Gasteiger charge is -2.08. The number of nitro groups is 1. The Bertz CT molecular complexity index is 818. The Morgan fingerprint density at radius 3 is 2.38 bits per heavy atom. The highest BCUT2D eigenvalue weighted by Crippen LogP contribution is 2.18. The summed E-state index contributed by atoms with van der Waals surface area (Å²) in [7, 11) is 1.58. The normalized spacial score (nSPS) is 10.1. The van der Waals surface area contributed by atoms with Crippen LogP contribution >= 0.6 is 0 Å². The van der Waals surface area contributed by atoms with Gasteiger partial charge in [0.25, 0.3) is 11.6 Å². The van der Waals surface area contributed by atoms with Crippen molar-refractivity contribution in [3.63, 3.8) is 0 Å². The van der Waals surface area contributed by atoms with Gasteiger partial charge in [-0.25, -0.2) is 0 Å². The number of hydrogen-bond acceptors (Lipinski definition) is 5. The number of benzene rings is 2. The molecule has 2 aromatic rings. The number of hydrogen-bond donors (Lipinski definition) is 2. The van der Waals surface area contributed by atoms with E-state index in [2.05, 4.69) is 10.6 Å². The molecule has 2 aromatic carbocycles. The molecule has 0 atom stereocenters. The average molecular weight is 357 g/mol. The highest BCUT2D eigenvalue weighted by Gasteiger charge is 2.14. The number of nitro benzene ring substituents is 1. The van der Waals surface area contributed by atoms with Gasteiger partial charge >= 0.3 is 0 Å². The summed E-state index contributed by atoms with van der Waals surface area (Å²) >= 11 is 0. The molecular weight excluding hydrogens is 338 g/mol. The first kappa shape index (κ1) is 18.9. The summed E-state index contributed by atoms with van der Waals surface area (Å²) in [5.74, 6) is -0.0823. The fourth-order valence-corrected chi connectivity index (χ4v) is 2.27. The van der Waals surface area contributed by atoms with Crippen molar-refractivity contribution in [2.24, 2.45) is 0 Å². The molecule has 0 unspecified atom stereocenters. The van der Waals surface area contributed by atoms with Gasteiger partial charge in [0.15, 0.2) is 0 Å². The zero-order valence-electron chi connectivity index (χ0n) is 14.4. The van der Waals surface area contributed by atoms with Crippen LogP contribution in [-0.2, 0) is 11.3 Å². The SMILES string of the molecule is COc1ccc(CNC(=O)CNC(=O)c2ccc([N+](=O)[O-])c(C)c2)cc1. The third-order valence-corrected chi connectivity index (χ3v) is 3.71. The molecule has 2 amide bonds. The minimum atomic E-state index is -0.510. The number of ether oxygens (including phenoxy) is 1. The van der Waals surface area contributed by atoms with Crippen LogP contribution in [0.2, 0.25) is 0 Å². The number of nitrogens with one attached hydrogen (secondary N) is 2. The summed E-state index contributed by atoms with van der Waals surface area (Å²) in [5, 5.41) is 16.0. The molecule has 0 spiro atoms. The highest BCUT2D eigenvalue weighted by atomic mass is 16.6. The van der Waals surface area contributed by atoms with Crippen LogP contribution in [0.25, 0.3) is 0 Å². The van der Waals surface area contributed by atoms with Gasteiger partial charge in [0.1, 0.15) is 5.75 Å². The summed E-state index contributed by atoms with van der Waals surface area (Å²) in [4.78, 5) is 34.2. The fraction of sp³-hybridized carbons (Fsp3) is 0.222. The Kier molecular flexibility index (Phi) is 6.26. The summed E-state index contributed by atoms with van der Waals surface area (Å²) < 4.78 is 5.06. The van der Waals surface area contributed by atoms with E-state index in [0.29, 0.717) is 12.1 Å². The second-order valence-electron chi connectivity index (χ2n) is 5.57. The number of rotatable bonds is 7. The van der Waals surface area contributed by atoms with Crippen molar-refractivity contribution in [1.29, 1.82) is 0 Å². The monoisotopic (exact) mass is 357 g/mol. The van der Waals surface area contributed by atoms with Crippen LogP contribution in [0.3, 0.4) is 0 Å². The third kappa shape index (κ3) is 5.04. The molecule has 0 radical (unpaired) electrons. The first-order valence-electron chi connectivity index (χ1n) is 7.83. The van der Waals surface area contributed by atoms with Crippen molar-refractivity contribution in [1.82, 2.24) is 10.6 Å². The number of amides is 2. The molecular formula is C18H19N3O5. The maximum atomic E-state index is 12.1. The molecule has 0 aliphatic rings. The molecule has 0 heterocycles. The first-order chi connectivity index (χ1) is 12.4. The molecule has 0 saturated carbocycles. The van der Waals surface area contributed by atoms with E-state index < -0.39 is 10.8 Å². The van der Waals surface area contributed by atoms with Crippen molar-refractivity contribution >= 4 is 17.5 Å². The number of nitrogens with zero attached hydrogens (tertiary/aromatic N) is 1. The quantitative estimate of drug-likeness (QED) is 0.581. The van der Waals surface area contributed by atoms with Gasteiger partial charge in [0, 0.05) is 23.7 Å². The predicted molar refractivity (Wildman–Crippen MR) is 95.0 cm³/mol. The second kappa shape index (κ2) is 8.61. The summed E-state index contributed by atoms with van der Waals surface area (Å²) in [6.07, 6.45) is 0. The lowest BCUT2D eigenvalue weighted by atomic mass is 10.1. The zero-order valence-corrected chi connectivity index (χ0v) is 14.4. The van der Waals surface area contributed by atoms with Crippen LogP contribution in [-0.4, -0.2) is 30.4 Å². The maximum Gasteiger partial charge on any atom is 0.272 e. The van der Waals surface area contributed by atoms with Crippen molar-refractivity contribution < 1.29 is 19.2 Å². The zero-order chi connectivity index (χ0) is 19.1. The van der Waals surface area contributed by atoms with Gasteiger partial charge in [-0.2, -0.15) is 0 Å². The second-order valence-corrected chi connectivity index (χ2v) is 5.57. The van der Waals surface area contributed by atoms with Crippen LogP contribution in [0, 0.1) is 17.0 Å². The van der Waals surface area contributed by atoms with E-state index in [0.717, 1.165) is 11.3 Å². The number of carbonyl (C=O) groups is 2. The lowest BCUT2D eigenvalue weighted by molar-refractivity contribution is -0.385. The summed E-state index contributed by atoms with van der Waals surface area (Å²) in [5.41, 5.74) is 1.48. The van der Waals surface area contributed by atoms with E-state index in [1.54, 1.807) is 26.2 Å². The third-order valence-electron chi connectivity index (χ3n) is 3.71. The van der Waals surface area contributed by atoms with Gasteiger partial charge in [-0.3, -0.25) is 19.7 Å². The lowest BCUT2D eigenvalue weighted by Crippen LogP contribution is -2.36. The van der Waals surface area contributed by atoms with Crippen LogP contribution in [0.4, 0.5) is 5.69 Å². The van der Waals surface area contributed by atoms with E-state index in [1.165, 1.54) is 18.2 Å². The Labute approximate surface area is 150 Å². The standard InChI is InChI=1S/C18H19N3O5/c1-12-9-14(5-8-16(12)21(24)25)18(23)20-11-17(22)19-10-13-3-6-15(26-2)7-4-13/h3-9H,10-11H2,1-2H3,(H,19,22)(H,20,23). The van der Waals surface area contributed by atoms with Crippen molar-refractivity contribution in [3.8, 4) is 5.75 Å². The molecule has 0 aromatic heterocycles. The van der Waals surface area contributed by atoms with Gasteiger partial charge in [-0.05, 0) is 36.8 Å². The van der Waals surface area contributed by atoms with E-state index in [9.17, 15) is 19.7 Å². The van der Waals surface area contributed by atoms with E-state index in [4.69, 9.17) is 4.74 Å². The van der Waals surface area contributed by atoms with Gasteiger partial charge in [0.2, 0.25) is 5.91 Å². The molecule has 2 rings (SSSR count). The van der Waals surface area contributed by atoms with Crippen molar-refractivity contribution in [2.75, 3.05) is 13.7 Å². The smallest absolute Gasteiger partial charge is 0.272 e. The highest BCUT2D eigenvalue weighted by molar-refractivity contribution is 5.96. The van der Waals surface area contributed by atoms with Crippen molar-refractivity contribution in [3.05, 3.63) is 69.3 Å². The van der Waals surface area contributed by atoms with Crippen LogP contribution in [0.15, 0.2) is 42.5 Å². The molecule has 0 aliphatic heterocycles. The van der Waals surface area contributed by atoms with Crippen LogP contribution in [0.1, 0.15) is 21.5 Å². The maximum absolute atomic E-state index is 12.1. The molecule has 136 valence electrons.